The second kappa shape index (κ2) is 6.84. The number of hydrogen-bond donors (Lipinski definition) is 0. The van der Waals surface area contributed by atoms with Crippen LogP contribution in [0.5, 0.6) is 5.75 Å². The van der Waals surface area contributed by atoms with Crippen molar-refractivity contribution in [1.29, 1.82) is 0 Å². The summed E-state index contributed by atoms with van der Waals surface area (Å²) >= 11 is 6.10. The number of nitrogens with zero attached hydrogens (tertiary/aromatic N) is 2. The van der Waals surface area contributed by atoms with Crippen molar-refractivity contribution in [2.45, 2.75) is 18.3 Å². The molecule has 1 aliphatic carbocycles. The number of hydrogen-bond acceptors (Lipinski definition) is 3. The minimum absolute atomic E-state index is 0.272. The van der Waals surface area contributed by atoms with Crippen molar-refractivity contribution < 1.29 is 9.53 Å². The zero-order valence-electron chi connectivity index (χ0n) is 15.0. The van der Waals surface area contributed by atoms with Crippen LogP contribution in [0.3, 0.4) is 0 Å². The van der Waals surface area contributed by atoms with Crippen molar-refractivity contribution in [2.75, 3.05) is 38.2 Å². The Hall–Kier alpha value is -2.20. The van der Waals surface area contributed by atoms with Gasteiger partial charge in [0, 0.05) is 36.9 Å². The van der Waals surface area contributed by atoms with Gasteiger partial charge in [-0.15, -0.1) is 0 Å². The number of anilines is 1. The summed E-state index contributed by atoms with van der Waals surface area (Å²) in [7, 11) is 1.66. The van der Waals surface area contributed by atoms with Crippen LogP contribution >= 0.6 is 11.6 Å². The fraction of sp³-hybridized carbons (Fsp3) is 0.381. The Bertz CT molecular complexity index is 794. The van der Waals surface area contributed by atoms with Gasteiger partial charge in [0.05, 0.1) is 12.5 Å². The number of amides is 1. The quantitative estimate of drug-likeness (QED) is 0.822. The third-order valence-corrected chi connectivity index (χ3v) is 5.78. The molecule has 0 bridgehead atoms. The molecule has 1 aliphatic heterocycles. The van der Waals surface area contributed by atoms with Crippen LogP contribution in [-0.4, -0.2) is 44.1 Å². The number of methoxy groups -OCH3 is 1. The number of piperazine rings is 1. The van der Waals surface area contributed by atoms with Crippen molar-refractivity contribution >= 4 is 23.2 Å². The molecule has 4 rings (SSSR count). The molecule has 1 amide bonds. The van der Waals surface area contributed by atoms with Crippen LogP contribution in [-0.2, 0) is 10.2 Å². The zero-order chi connectivity index (χ0) is 18.1. The summed E-state index contributed by atoms with van der Waals surface area (Å²) in [4.78, 5) is 17.5. The minimum Gasteiger partial charge on any atom is -0.497 e. The van der Waals surface area contributed by atoms with E-state index in [4.69, 9.17) is 16.3 Å². The molecule has 0 spiro atoms. The van der Waals surface area contributed by atoms with Gasteiger partial charge < -0.3 is 14.5 Å². The van der Waals surface area contributed by atoms with Gasteiger partial charge in [0.25, 0.3) is 0 Å². The van der Waals surface area contributed by atoms with Gasteiger partial charge >= 0.3 is 0 Å². The average Bonchev–Trinajstić information content (AvgIpc) is 3.50. The molecule has 136 valence electrons. The van der Waals surface area contributed by atoms with E-state index in [1.165, 1.54) is 0 Å². The molecule has 2 aliphatic rings. The summed E-state index contributed by atoms with van der Waals surface area (Å²) in [6.45, 7) is 3.18. The number of carbonyl (C=O) groups is 1. The van der Waals surface area contributed by atoms with E-state index in [0.717, 1.165) is 61.0 Å². The highest BCUT2D eigenvalue weighted by molar-refractivity contribution is 6.30. The first-order valence-corrected chi connectivity index (χ1v) is 9.45. The molecule has 0 aromatic heterocycles. The molecule has 0 N–H and O–H groups in total. The highest BCUT2D eigenvalue weighted by atomic mass is 35.5. The molecular weight excluding hydrogens is 348 g/mol. The first-order chi connectivity index (χ1) is 12.6. The van der Waals surface area contributed by atoms with Crippen LogP contribution in [0, 0.1) is 0 Å². The number of halogens is 1. The van der Waals surface area contributed by atoms with Crippen LogP contribution in [0.15, 0.2) is 48.5 Å². The molecular formula is C21H23ClN2O2. The first kappa shape index (κ1) is 17.2. The van der Waals surface area contributed by atoms with Crippen molar-refractivity contribution in [3.05, 3.63) is 59.1 Å². The van der Waals surface area contributed by atoms with Crippen molar-refractivity contribution in [1.82, 2.24) is 4.90 Å². The minimum atomic E-state index is -0.315. The van der Waals surface area contributed by atoms with E-state index in [9.17, 15) is 4.79 Å². The predicted molar refractivity (Wildman–Crippen MR) is 104 cm³/mol. The van der Waals surface area contributed by atoms with E-state index < -0.39 is 0 Å². The normalized spacial score (nSPS) is 18.5. The van der Waals surface area contributed by atoms with E-state index in [0.29, 0.717) is 0 Å². The smallest absolute Gasteiger partial charge is 0.233 e. The Balaban J connectivity index is 1.43. The van der Waals surface area contributed by atoms with Crippen LogP contribution in [0.4, 0.5) is 5.69 Å². The lowest BCUT2D eigenvalue weighted by molar-refractivity contribution is -0.134. The molecule has 26 heavy (non-hydrogen) atoms. The lowest BCUT2D eigenvalue weighted by atomic mass is 9.94. The van der Waals surface area contributed by atoms with Gasteiger partial charge in [-0.3, -0.25) is 4.79 Å². The lowest BCUT2D eigenvalue weighted by Crippen LogP contribution is -2.51. The van der Waals surface area contributed by atoms with E-state index in [1.54, 1.807) is 7.11 Å². The van der Waals surface area contributed by atoms with Crippen LogP contribution in [0.2, 0.25) is 5.02 Å². The number of ether oxygens (including phenoxy) is 1. The molecule has 2 aromatic carbocycles. The molecule has 4 nitrogen and oxygen atoms in total. The summed E-state index contributed by atoms with van der Waals surface area (Å²) in [5.74, 6) is 1.10. The Morgan fingerprint density at radius 1 is 1.04 bits per heavy atom. The van der Waals surface area contributed by atoms with E-state index >= 15 is 0 Å². The molecule has 0 atom stereocenters. The van der Waals surface area contributed by atoms with Gasteiger partial charge in [-0.05, 0) is 48.7 Å². The molecule has 1 saturated heterocycles. The molecule has 0 radical (unpaired) electrons. The van der Waals surface area contributed by atoms with Crippen molar-refractivity contribution in [3.63, 3.8) is 0 Å². The molecule has 1 saturated carbocycles. The lowest BCUT2D eigenvalue weighted by Gasteiger charge is -2.38. The monoisotopic (exact) mass is 370 g/mol. The maximum absolute atomic E-state index is 13.2. The second-order valence-corrected chi connectivity index (χ2v) is 7.51. The average molecular weight is 371 g/mol. The highest BCUT2D eigenvalue weighted by Gasteiger charge is 2.53. The second-order valence-electron chi connectivity index (χ2n) is 7.07. The van der Waals surface area contributed by atoms with Crippen LogP contribution < -0.4 is 9.64 Å². The van der Waals surface area contributed by atoms with Crippen LogP contribution in [0.1, 0.15) is 18.4 Å². The fourth-order valence-electron chi connectivity index (χ4n) is 3.80. The van der Waals surface area contributed by atoms with Crippen LogP contribution in [0.25, 0.3) is 0 Å². The maximum Gasteiger partial charge on any atom is 0.233 e. The van der Waals surface area contributed by atoms with Gasteiger partial charge in [-0.2, -0.15) is 0 Å². The zero-order valence-corrected chi connectivity index (χ0v) is 15.7. The summed E-state index contributed by atoms with van der Waals surface area (Å²) in [5.41, 5.74) is 1.92. The van der Waals surface area contributed by atoms with Gasteiger partial charge in [0.1, 0.15) is 5.75 Å². The van der Waals surface area contributed by atoms with E-state index in [2.05, 4.69) is 11.0 Å². The molecule has 5 heteroatoms. The largest absolute Gasteiger partial charge is 0.497 e. The van der Waals surface area contributed by atoms with Gasteiger partial charge in [0.15, 0.2) is 0 Å². The summed E-state index contributed by atoms with van der Waals surface area (Å²) in [5, 5.41) is 0.748. The maximum atomic E-state index is 13.2. The van der Waals surface area contributed by atoms with E-state index in [-0.39, 0.29) is 11.3 Å². The third kappa shape index (κ3) is 3.14. The Kier molecular flexibility index (Phi) is 4.53. The summed E-state index contributed by atoms with van der Waals surface area (Å²) in [6.07, 6.45) is 1.87. The Morgan fingerprint density at radius 2 is 1.73 bits per heavy atom. The fourth-order valence-corrected chi connectivity index (χ4v) is 3.99. The van der Waals surface area contributed by atoms with Gasteiger partial charge in [-0.1, -0.05) is 29.8 Å². The van der Waals surface area contributed by atoms with Gasteiger partial charge in [-0.25, -0.2) is 0 Å². The molecule has 1 heterocycles. The standard InChI is InChI=1S/C21H23ClN2O2/c1-26-19-7-5-16(6-8-19)21(9-10-21)20(25)24-13-11-23(12-14-24)18-4-2-3-17(22)15-18/h2-8,15H,9-14H2,1H3. The van der Waals surface area contributed by atoms with Gasteiger partial charge in [0.2, 0.25) is 5.91 Å². The molecule has 0 unspecified atom stereocenters. The van der Waals surface area contributed by atoms with E-state index in [1.807, 2.05) is 47.4 Å². The predicted octanol–water partition coefficient (Wildman–Crippen LogP) is 3.73. The molecule has 2 aromatic rings. The first-order valence-electron chi connectivity index (χ1n) is 9.07. The number of rotatable bonds is 4. The highest BCUT2D eigenvalue weighted by Crippen LogP contribution is 2.50. The Morgan fingerprint density at radius 3 is 2.31 bits per heavy atom. The topological polar surface area (TPSA) is 32.8 Å². The number of benzene rings is 2. The third-order valence-electron chi connectivity index (χ3n) is 5.54. The SMILES string of the molecule is COc1ccc(C2(C(=O)N3CCN(c4cccc(Cl)c4)CC3)CC2)cc1. The molecule has 2 fully saturated rings. The van der Waals surface area contributed by atoms with Crippen molar-refractivity contribution in [3.8, 4) is 5.75 Å². The number of carbonyl (C=O) groups excluding carboxylic acids is 1. The summed E-state index contributed by atoms with van der Waals surface area (Å²) in [6, 6.07) is 15.9. The Labute approximate surface area is 159 Å². The summed E-state index contributed by atoms with van der Waals surface area (Å²) < 4.78 is 5.23. The van der Waals surface area contributed by atoms with Crippen molar-refractivity contribution in [2.24, 2.45) is 0 Å².